The van der Waals surface area contributed by atoms with Crippen LogP contribution in [-0.2, 0) is 0 Å². The van der Waals surface area contributed by atoms with E-state index in [0.29, 0.717) is 16.7 Å². The lowest BCUT2D eigenvalue weighted by molar-refractivity contribution is 0.104. The van der Waals surface area contributed by atoms with Crippen molar-refractivity contribution in [3.05, 3.63) is 29.3 Å². The Bertz CT molecular complexity index is 396. The fourth-order valence-electron chi connectivity index (χ4n) is 1.87. The molecule has 1 aromatic carbocycles. The van der Waals surface area contributed by atoms with E-state index >= 15 is 0 Å². The fraction of sp³-hybridized carbons (Fsp3) is 0.417. The second-order valence-corrected chi connectivity index (χ2v) is 5.00. The number of halogens is 1. The second kappa shape index (κ2) is 5.67. The number of nitrogens with zero attached hydrogens (tertiary/aromatic N) is 1. The number of thiocarbonyl (C=S) groups is 1. The van der Waals surface area contributed by atoms with Gasteiger partial charge in [-0.3, -0.25) is 0 Å². The van der Waals surface area contributed by atoms with Gasteiger partial charge in [0.25, 0.3) is 0 Å². The largest absolute Gasteiger partial charge is 0.391 e. The van der Waals surface area contributed by atoms with Crippen molar-refractivity contribution in [3.63, 3.8) is 0 Å². The Morgan fingerprint density at radius 3 is 2.76 bits per heavy atom. The zero-order valence-corrected chi connectivity index (χ0v) is 11.0. The maximum absolute atomic E-state index is 9.58. The van der Waals surface area contributed by atoms with Crippen molar-refractivity contribution in [2.75, 3.05) is 18.4 Å². The highest BCUT2D eigenvalue weighted by Gasteiger charge is 2.19. The van der Waals surface area contributed by atoms with Crippen molar-refractivity contribution in [1.82, 2.24) is 4.90 Å². The van der Waals surface area contributed by atoms with Crippen molar-refractivity contribution in [3.8, 4) is 0 Å². The number of nitrogens with one attached hydrogen (secondary N) is 1. The van der Waals surface area contributed by atoms with Crippen molar-refractivity contribution in [2.24, 2.45) is 0 Å². The number of aliphatic hydroxyl groups excluding tert-OH is 1. The molecule has 2 N–H and O–H groups in total. The quantitative estimate of drug-likeness (QED) is 0.769. The van der Waals surface area contributed by atoms with Gasteiger partial charge in [-0.05, 0) is 49.3 Å². The van der Waals surface area contributed by atoms with E-state index in [9.17, 15) is 5.11 Å². The van der Waals surface area contributed by atoms with Crippen LogP contribution >= 0.6 is 23.8 Å². The highest BCUT2D eigenvalue weighted by atomic mass is 35.5. The van der Waals surface area contributed by atoms with Gasteiger partial charge in [-0.15, -0.1) is 0 Å². The maximum Gasteiger partial charge on any atom is 0.173 e. The van der Waals surface area contributed by atoms with E-state index in [2.05, 4.69) is 5.32 Å². The summed E-state index contributed by atoms with van der Waals surface area (Å²) < 4.78 is 0. The highest BCUT2D eigenvalue weighted by molar-refractivity contribution is 7.80. The summed E-state index contributed by atoms with van der Waals surface area (Å²) in [6.07, 6.45) is 1.57. The van der Waals surface area contributed by atoms with Crippen LogP contribution in [0, 0.1) is 0 Å². The summed E-state index contributed by atoms with van der Waals surface area (Å²) in [6.45, 7) is 1.51. The molecule has 3 nitrogen and oxygen atoms in total. The van der Waals surface area contributed by atoms with Gasteiger partial charge in [0.05, 0.1) is 6.10 Å². The van der Waals surface area contributed by atoms with Crippen molar-refractivity contribution < 1.29 is 5.11 Å². The maximum atomic E-state index is 9.58. The smallest absolute Gasteiger partial charge is 0.173 e. The lowest BCUT2D eigenvalue weighted by atomic mass is 10.1. The number of benzene rings is 1. The molecular weight excluding hydrogens is 256 g/mol. The van der Waals surface area contributed by atoms with Crippen LogP contribution in [0.1, 0.15) is 12.8 Å². The minimum atomic E-state index is -0.270. The Hall–Kier alpha value is -0.840. The Morgan fingerprint density at radius 2 is 2.12 bits per heavy atom. The summed E-state index contributed by atoms with van der Waals surface area (Å²) in [5.41, 5.74) is 0.916. The topological polar surface area (TPSA) is 35.5 Å². The zero-order chi connectivity index (χ0) is 12.3. The van der Waals surface area contributed by atoms with Crippen LogP contribution in [0.2, 0.25) is 5.02 Å². The molecule has 0 amide bonds. The molecule has 0 aliphatic carbocycles. The van der Waals surface area contributed by atoms with Gasteiger partial charge >= 0.3 is 0 Å². The Balaban J connectivity index is 1.94. The highest BCUT2D eigenvalue weighted by Crippen LogP contribution is 2.15. The van der Waals surface area contributed by atoms with Gasteiger partial charge in [0, 0.05) is 23.8 Å². The lowest BCUT2D eigenvalue weighted by Crippen LogP contribution is -2.44. The van der Waals surface area contributed by atoms with Crippen molar-refractivity contribution in [1.29, 1.82) is 0 Å². The lowest BCUT2D eigenvalue weighted by Gasteiger charge is -2.32. The van der Waals surface area contributed by atoms with Gasteiger partial charge in [-0.2, -0.15) is 0 Å². The number of hydrogen-bond acceptors (Lipinski definition) is 2. The van der Waals surface area contributed by atoms with Gasteiger partial charge in [-0.25, -0.2) is 0 Å². The van der Waals surface area contributed by atoms with Gasteiger partial charge in [0.1, 0.15) is 0 Å². The average Bonchev–Trinajstić information content (AvgIpc) is 2.32. The van der Waals surface area contributed by atoms with Gasteiger partial charge in [0.15, 0.2) is 5.11 Å². The summed E-state index contributed by atoms with van der Waals surface area (Å²) in [6, 6.07) is 7.40. The number of aliphatic hydroxyl groups is 1. The predicted octanol–water partition coefficient (Wildman–Crippen LogP) is 2.49. The second-order valence-electron chi connectivity index (χ2n) is 4.18. The summed E-state index contributed by atoms with van der Waals surface area (Å²) in [5.74, 6) is 0. The average molecular weight is 271 g/mol. The molecule has 1 aromatic rings. The zero-order valence-electron chi connectivity index (χ0n) is 9.40. The van der Waals surface area contributed by atoms with E-state index in [0.717, 1.165) is 25.1 Å². The van der Waals surface area contributed by atoms with Crippen LogP contribution in [0.3, 0.4) is 0 Å². The molecule has 1 aliphatic rings. The Morgan fingerprint density at radius 1 is 1.41 bits per heavy atom. The summed E-state index contributed by atoms with van der Waals surface area (Å²) in [4.78, 5) is 2.00. The predicted molar refractivity (Wildman–Crippen MR) is 74.5 cm³/mol. The van der Waals surface area contributed by atoms with E-state index in [1.807, 2.05) is 29.2 Å². The molecule has 0 aromatic heterocycles. The molecule has 1 aliphatic heterocycles. The van der Waals surface area contributed by atoms with Crippen LogP contribution < -0.4 is 5.32 Å². The molecule has 1 atom stereocenters. The van der Waals surface area contributed by atoms with Gasteiger partial charge < -0.3 is 15.3 Å². The van der Waals surface area contributed by atoms with E-state index < -0.39 is 0 Å². The standard InChI is InChI=1S/C12H15ClN2OS/c13-9-3-5-10(6-4-9)14-12(17)15-7-1-2-11(16)8-15/h3-6,11,16H,1-2,7-8H2,(H,14,17). The summed E-state index contributed by atoms with van der Waals surface area (Å²) >= 11 is 11.1. The monoisotopic (exact) mass is 270 g/mol. The molecule has 0 radical (unpaired) electrons. The third-order valence-corrected chi connectivity index (χ3v) is 3.39. The van der Waals surface area contributed by atoms with Crippen molar-refractivity contribution >= 4 is 34.6 Å². The fourth-order valence-corrected chi connectivity index (χ4v) is 2.28. The molecule has 92 valence electrons. The van der Waals surface area contributed by atoms with Gasteiger partial charge in [-0.1, -0.05) is 11.6 Å². The molecule has 0 bridgehead atoms. The van der Waals surface area contributed by atoms with Crippen LogP contribution in [-0.4, -0.2) is 34.3 Å². The number of β-amino-alcohol motifs (C(OH)–C–C–N with tert-alkyl or cyclic N) is 1. The molecule has 2 rings (SSSR count). The van der Waals surface area contributed by atoms with Gasteiger partial charge in [0.2, 0.25) is 0 Å². The molecule has 1 heterocycles. The molecule has 1 saturated heterocycles. The summed E-state index contributed by atoms with van der Waals surface area (Å²) in [7, 11) is 0. The molecular formula is C12H15ClN2OS. The van der Waals surface area contributed by atoms with Crippen LogP contribution in [0.15, 0.2) is 24.3 Å². The van der Waals surface area contributed by atoms with E-state index in [4.69, 9.17) is 23.8 Å². The molecule has 0 saturated carbocycles. The third-order valence-electron chi connectivity index (χ3n) is 2.78. The first-order valence-corrected chi connectivity index (χ1v) is 6.43. The third kappa shape index (κ3) is 3.56. The molecule has 1 fully saturated rings. The number of rotatable bonds is 1. The van der Waals surface area contributed by atoms with Crippen LogP contribution in [0.5, 0.6) is 0 Å². The van der Waals surface area contributed by atoms with E-state index in [-0.39, 0.29) is 6.10 Å². The van der Waals surface area contributed by atoms with Crippen LogP contribution in [0.4, 0.5) is 5.69 Å². The minimum Gasteiger partial charge on any atom is -0.391 e. The number of piperidine rings is 1. The van der Waals surface area contributed by atoms with E-state index in [1.54, 1.807) is 0 Å². The molecule has 17 heavy (non-hydrogen) atoms. The Kier molecular flexibility index (Phi) is 4.20. The van der Waals surface area contributed by atoms with Crippen molar-refractivity contribution in [2.45, 2.75) is 18.9 Å². The van der Waals surface area contributed by atoms with E-state index in [1.165, 1.54) is 0 Å². The van der Waals surface area contributed by atoms with Crippen LogP contribution in [0.25, 0.3) is 0 Å². The first-order chi connectivity index (χ1) is 8.15. The SMILES string of the molecule is OC1CCCN(C(=S)Nc2ccc(Cl)cc2)C1. The summed E-state index contributed by atoms with van der Waals surface area (Å²) in [5, 5.41) is 14.1. The molecule has 1 unspecified atom stereocenters. The minimum absolute atomic E-state index is 0.270. The first-order valence-electron chi connectivity index (χ1n) is 5.65. The Labute approximate surface area is 111 Å². The number of likely N-dealkylation sites (tertiary alicyclic amines) is 1. The molecule has 0 spiro atoms. The first kappa shape index (κ1) is 12.6. The molecule has 5 heteroatoms. The normalized spacial score (nSPS) is 20.1. The number of anilines is 1. The number of hydrogen-bond donors (Lipinski definition) is 2.